The topological polar surface area (TPSA) is 21.3 Å². The van der Waals surface area contributed by atoms with Gasteiger partial charge in [-0.1, -0.05) is 13.0 Å². The first-order chi connectivity index (χ1) is 9.21. The van der Waals surface area contributed by atoms with Crippen LogP contribution in [0.2, 0.25) is 0 Å². The van der Waals surface area contributed by atoms with Crippen LogP contribution in [0.25, 0.3) is 0 Å². The minimum Gasteiger partial charge on any atom is -0.494 e. The van der Waals surface area contributed by atoms with E-state index < -0.39 is 0 Å². The Bertz CT molecular complexity index is 365. The van der Waals surface area contributed by atoms with Crippen molar-refractivity contribution < 1.29 is 9.13 Å². The minimum atomic E-state index is -0.279. The summed E-state index contributed by atoms with van der Waals surface area (Å²) in [4.78, 5) is 0. The molecule has 0 saturated carbocycles. The van der Waals surface area contributed by atoms with Crippen LogP contribution < -0.4 is 10.1 Å². The molecule has 0 bridgehead atoms. The van der Waals surface area contributed by atoms with Crippen LogP contribution in [0.3, 0.4) is 0 Å². The minimum absolute atomic E-state index is 0.279. The summed E-state index contributed by atoms with van der Waals surface area (Å²) in [6, 6.07) is 5.65. The zero-order valence-corrected chi connectivity index (χ0v) is 12.9. The standard InChI is InChI=1S/C15H24FNOS/c1-4-8-17-13(7-9-19-3)10-12-5-6-15(18-2)14(16)11-12/h5-6,11,13,17H,4,7-10H2,1-3H3. The average Bonchev–Trinajstić information content (AvgIpc) is 2.42. The zero-order valence-electron chi connectivity index (χ0n) is 12.0. The third-order valence-corrected chi connectivity index (χ3v) is 3.70. The second-order valence-corrected chi connectivity index (χ2v) is 5.59. The van der Waals surface area contributed by atoms with E-state index >= 15 is 0 Å². The van der Waals surface area contributed by atoms with Crippen LogP contribution in [0.1, 0.15) is 25.3 Å². The third kappa shape index (κ3) is 5.83. The largest absolute Gasteiger partial charge is 0.494 e. The number of rotatable bonds is 9. The highest BCUT2D eigenvalue weighted by atomic mass is 32.2. The van der Waals surface area contributed by atoms with Crippen molar-refractivity contribution in [1.29, 1.82) is 0 Å². The number of thioether (sulfide) groups is 1. The number of hydrogen-bond acceptors (Lipinski definition) is 3. The lowest BCUT2D eigenvalue weighted by Gasteiger charge is -2.18. The van der Waals surface area contributed by atoms with Crippen LogP contribution in [0.4, 0.5) is 4.39 Å². The van der Waals surface area contributed by atoms with Crippen molar-refractivity contribution >= 4 is 11.8 Å². The molecule has 1 unspecified atom stereocenters. The van der Waals surface area contributed by atoms with Crippen LogP contribution in [0.5, 0.6) is 5.75 Å². The molecule has 2 nitrogen and oxygen atoms in total. The molecule has 0 spiro atoms. The van der Waals surface area contributed by atoms with Gasteiger partial charge < -0.3 is 10.1 Å². The highest BCUT2D eigenvalue weighted by Gasteiger charge is 2.10. The van der Waals surface area contributed by atoms with E-state index in [2.05, 4.69) is 18.5 Å². The van der Waals surface area contributed by atoms with Gasteiger partial charge in [-0.05, 0) is 55.5 Å². The summed E-state index contributed by atoms with van der Waals surface area (Å²) in [6.07, 6.45) is 5.20. The van der Waals surface area contributed by atoms with Crippen LogP contribution in [0.15, 0.2) is 18.2 Å². The number of halogens is 1. The quantitative estimate of drug-likeness (QED) is 0.750. The smallest absolute Gasteiger partial charge is 0.165 e. The van der Waals surface area contributed by atoms with Crippen LogP contribution in [-0.2, 0) is 6.42 Å². The molecular formula is C15H24FNOS. The second-order valence-electron chi connectivity index (χ2n) is 4.61. The highest BCUT2D eigenvalue weighted by molar-refractivity contribution is 7.98. The van der Waals surface area contributed by atoms with E-state index in [1.54, 1.807) is 12.1 Å². The van der Waals surface area contributed by atoms with Crippen molar-refractivity contribution in [3.8, 4) is 5.75 Å². The Morgan fingerprint density at radius 3 is 2.79 bits per heavy atom. The molecule has 1 N–H and O–H groups in total. The summed E-state index contributed by atoms with van der Waals surface area (Å²) in [7, 11) is 1.49. The van der Waals surface area contributed by atoms with Gasteiger partial charge in [0.1, 0.15) is 0 Å². The van der Waals surface area contributed by atoms with Gasteiger partial charge in [-0.15, -0.1) is 0 Å². The molecule has 1 atom stereocenters. The average molecular weight is 285 g/mol. The Kier molecular flexibility index (Phi) is 7.91. The molecule has 1 rings (SSSR count). The van der Waals surface area contributed by atoms with Crippen molar-refractivity contribution in [2.45, 2.75) is 32.2 Å². The van der Waals surface area contributed by atoms with Crippen molar-refractivity contribution in [2.75, 3.05) is 25.7 Å². The number of nitrogens with one attached hydrogen (secondary N) is 1. The van der Waals surface area contributed by atoms with Gasteiger partial charge in [0.15, 0.2) is 11.6 Å². The van der Waals surface area contributed by atoms with E-state index in [9.17, 15) is 4.39 Å². The number of ether oxygens (including phenoxy) is 1. The van der Waals surface area contributed by atoms with Gasteiger partial charge >= 0.3 is 0 Å². The van der Waals surface area contributed by atoms with Gasteiger partial charge in [-0.2, -0.15) is 11.8 Å². The predicted molar refractivity (Wildman–Crippen MR) is 81.7 cm³/mol. The maximum absolute atomic E-state index is 13.7. The summed E-state index contributed by atoms with van der Waals surface area (Å²) in [6.45, 7) is 3.17. The molecule has 0 saturated heterocycles. The summed E-state index contributed by atoms with van der Waals surface area (Å²) >= 11 is 1.85. The van der Waals surface area contributed by atoms with E-state index in [4.69, 9.17) is 4.74 Å². The molecule has 0 heterocycles. The van der Waals surface area contributed by atoms with Gasteiger partial charge in [0.05, 0.1) is 7.11 Å². The van der Waals surface area contributed by atoms with E-state index in [-0.39, 0.29) is 5.82 Å². The molecular weight excluding hydrogens is 261 g/mol. The third-order valence-electron chi connectivity index (χ3n) is 3.05. The lowest BCUT2D eigenvalue weighted by atomic mass is 10.0. The van der Waals surface area contributed by atoms with Crippen molar-refractivity contribution in [3.63, 3.8) is 0 Å². The maximum Gasteiger partial charge on any atom is 0.165 e. The molecule has 0 radical (unpaired) electrons. The van der Waals surface area contributed by atoms with Gasteiger partial charge in [-0.25, -0.2) is 4.39 Å². The van der Waals surface area contributed by atoms with Crippen molar-refractivity contribution in [2.24, 2.45) is 0 Å². The molecule has 0 aliphatic heterocycles. The fourth-order valence-corrected chi connectivity index (χ4v) is 2.53. The molecule has 1 aromatic carbocycles. The molecule has 1 aromatic rings. The Balaban J connectivity index is 2.63. The normalized spacial score (nSPS) is 12.4. The molecule has 0 aliphatic rings. The van der Waals surface area contributed by atoms with Crippen LogP contribution in [0, 0.1) is 5.82 Å². The van der Waals surface area contributed by atoms with Crippen molar-refractivity contribution in [3.05, 3.63) is 29.6 Å². The molecule has 0 amide bonds. The van der Waals surface area contributed by atoms with Gasteiger partial charge in [-0.3, -0.25) is 0 Å². The highest BCUT2D eigenvalue weighted by Crippen LogP contribution is 2.19. The number of methoxy groups -OCH3 is 1. The number of benzene rings is 1. The lowest BCUT2D eigenvalue weighted by molar-refractivity contribution is 0.385. The second kappa shape index (κ2) is 9.21. The maximum atomic E-state index is 13.7. The first-order valence-electron chi connectivity index (χ1n) is 6.76. The van der Waals surface area contributed by atoms with Gasteiger partial charge in [0.25, 0.3) is 0 Å². The van der Waals surface area contributed by atoms with Crippen molar-refractivity contribution in [1.82, 2.24) is 5.32 Å². The molecule has 108 valence electrons. The van der Waals surface area contributed by atoms with E-state index in [0.717, 1.165) is 37.1 Å². The van der Waals surface area contributed by atoms with E-state index in [1.165, 1.54) is 7.11 Å². The Morgan fingerprint density at radius 1 is 1.42 bits per heavy atom. The summed E-state index contributed by atoms with van der Waals surface area (Å²) < 4.78 is 18.6. The van der Waals surface area contributed by atoms with Gasteiger partial charge in [0, 0.05) is 6.04 Å². The Hall–Kier alpha value is -0.740. The lowest BCUT2D eigenvalue weighted by Crippen LogP contribution is -2.32. The molecule has 0 aromatic heterocycles. The Morgan fingerprint density at radius 2 is 2.21 bits per heavy atom. The first-order valence-corrected chi connectivity index (χ1v) is 8.15. The molecule has 4 heteroatoms. The monoisotopic (exact) mass is 285 g/mol. The summed E-state index contributed by atoms with van der Waals surface area (Å²) in [5.74, 6) is 1.16. The summed E-state index contributed by atoms with van der Waals surface area (Å²) in [5.41, 5.74) is 1.02. The van der Waals surface area contributed by atoms with Crippen LogP contribution >= 0.6 is 11.8 Å². The predicted octanol–water partition coefficient (Wildman–Crippen LogP) is 3.50. The molecule has 0 fully saturated rings. The zero-order chi connectivity index (χ0) is 14.1. The SMILES string of the molecule is CCCNC(CCSC)Cc1ccc(OC)c(F)c1. The molecule has 0 aliphatic carbocycles. The fourth-order valence-electron chi connectivity index (χ4n) is 2.01. The summed E-state index contributed by atoms with van der Waals surface area (Å²) in [5, 5.41) is 3.53. The van der Waals surface area contributed by atoms with E-state index in [0.29, 0.717) is 11.8 Å². The van der Waals surface area contributed by atoms with Gasteiger partial charge in [0.2, 0.25) is 0 Å². The van der Waals surface area contributed by atoms with Crippen LogP contribution in [-0.4, -0.2) is 31.7 Å². The fraction of sp³-hybridized carbons (Fsp3) is 0.600. The van der Waals surface area contributed by atoms with E-state index in [1.807, 2.05) is 17.8 Å². The molecule has 19 heavy (non-hydrogen) atoms. The first kappa shape index (κ1) is 16.3. The number of hydrogen-bond donors (Lipinski definition) is 1. The Labute approximate surface area is 120 Å².